The first-order valence-electron chi connectivity index (χ1n) is 7.88. The molecule has 2 aromatic carbocycles. The van der Waals surface area contributed by atoms with Gasteiger partial charge in [0.2, 0.25) is 5.91 Å². The van der Waals surface area contributed by atoms with Gasteiger partial charge in [-0.25, -0.2) is 0 Å². The van der Waals surface area contributed by atoms with E-state index in [2.05, 4.69) is 5.32 Å². The predicted octanol–water partition coefficient (Wildman–Crippen LogP) is 4.81. The molecule has 0 saturated heterocycles. The Balaban J connectivity index is 1.95. The van der Waals surface area contributed by atoms with Gasteiger partial charge in [-0.1, -0.05) is 23.7 Å². The molecule has 0 saturated carbocycles. The molecule has 3 nitrogen and oxygen atoms in total. The number of carbonyl (C=O) groups excluding carboxylic acids is 1. The molecule has 0 aliphatic carbocycles. The van der Waals surface area contributed by atoms with Crippen LogP contribution in [0.4, 0.5) is 11.4 Å². The minimum atomic E-state index is 0.122. The van der Waals surface area contributed by atoms with Crippen molar-refractivity contribution in [1.29, 1.82) is 0 Å². The summed E-state index contributed by atoms with van der Waals surface area (Å²) in [7, 11) is 0. The smallest absolute Gasteiger partial charge is 0.228 e. The maximum atomic E-state index is 12.5. The largest absolute Gasteiger partial charge is 0.384 e. The molecule has 0 bridgehead atoms. The average molecular weight is 331 g/mol. The predicted molar refractivity (Wildman–Crippen MR) is 98.5 cm³/mol. The van der Waals surface area contributed by atoms with Gasteiger partial charge in [-0.15, -0.1) is 0 Å². The number of hydrogen-bond acceptors (Lipinski definition) is 2. The van der Waals surface area contributed by atoms with Crippen molar-refractivity contribution < 1.29 is 4.79 Å². The van der Waals surface area contributed by atoms with Crippen LogP contribution < -0.4 is 10.2 Å². The Morgan fingerprint density at radius 3 is 2.61 bits per heavy atom. The van der Waals surface area contributed by atoms with Crippen LogP contribution in [0, 0.1) is 13.8 Å². The lowest BCUT2D eigenvalue weighted by atomic mass is 10.2. The van der Waals surface area contributed by atoms with Crippen LogP contribution in [0.25, 0.3) is 0 Å². The van der Waals surface area contributed by atoms with Crippen molar-refractivity contribution in [3.05, 3.63) is 58.6 Å². The fraction of sp³-hybridized carbons (Fsp3) is 0.316. The van der Waals surface area contributed by atoms with Gasteiger partial charge in [0.05, 0.1) is 0 Å². The molecular weight excluding hydrogens is 308 g/mol. The fourth-order valence-electron chi connectivity index (χ4n) is 2.56. The first kappa shape index (κ1) is 17.4. The maximum Gasteiger partial charge on any atom is 0.228 e. The van der Waals surface area contributed by atoms with Crippen molar-refractivity contribution >= 4 is 28.9 Å². The lowest BCUT2D eigenvalue weighted by Gasteiger charge is -2.22. The number of nitrogens with one attached hydrogen (secondary N) is 1. The zero-order chi connectivity index (χ0) is 16.8. The summed E-state index contributed by atoms with van der Waals surface area (Å²) in [5.74, 6) is 0.122. The van der Waals surface area contributed by atoms with Crippen LogP contribution >= 0.6 is 11.6 Å². The lowest BCUT2D eigenvalue weighted by Crippen LogP contribution is -2.31. The summed E-state index contributed by atoms with van der Waals surface area (Å²) < 4.78 is 0. The number of halogens is 1. The van der Waals surface area contributed by atoms with E-state index in [-0.39, 0.29) is 5.91 Å². The molecule has 2 rings (SSSR count). The van der Waals surface area contributed by atoms with E-state index in [4.69, 9.17) is 11.6 Å². The molecule has 0 fully saturated rings. The molecule has 0 heterocycles. The van der Waals surface area contributed by atoms with E-state index in [1.54, 1.807) is 0 Å². The molecule has 1 N–H and O–H groups in total. The van der Waals surface area contributed by atoms with Crippen molar-refractivity contribution in [1.82, 2.24) is 0 Å². The van der Waals surface area contributed by atoms with Crippen LogP contribution in [-0.4, -0.2) is 19.0 Å². The number of hydrogen-bond donors (Lipinski definition) is 1. The minimum Gasteiger partial charge on any atom is -0.384 e. The number of benzene rings is 2. The van der Waals surface area contributed by atoms with E-state index in [0.29, 0.717) is 19.5 Å². The van der Waals surface area contributed by atoms with Gasteiger partial charge in [0.15, 0.2) is 0 Å². The van der Waals surface area contributed by atoms with Crippen LogP contribution in [-0.2, 0) is 4.79 Å². The topological polar surface area (TPSA) is 32.3 Å². The maximum absolute atomic E-state index is 12.5. The molecule has 0 atom stereocenters. The molecule has 23 heavy (non-hydrogen) atoms. The molecule has 0 aliphatic heterocycles. The molecule has 0 radical (unpaired) electrons. The summed E-state index contributed by atoms with van der Waals surface area (Å²) in [5, 5.41) is 4.03. The molecule has 0 aliphatic rings. The number of amides is 1. The molecule has 0 aromatic heterocycles. The quantitative estimate of drug-likeness (QED) is 0.824. The standard InChI is InChI=1S/C19H23ClN2O/c1-4-22(17-7-5-6-14(2)12-17)19(23)10-11-21-18-9-8-16(20)13-15(18)3/h5-9,12-13,21H,4,10-11H2,1-3H3. The third-order valence-corrected chi connectivity index (χ3v) is 4.01. The Bertz CT molecular complexity index is 685. The molecular formula is C19H23ClN2O. The molecule has 1 amide bonds. The number of carbonyl (C=O) groups is 1. The number of anilines is 2. The molecule has 4 heteroatoms. The van der Waals surface area contributed by atoms with E-state index in [0.717, 1.165) is 27.5 Å². The first-order valence-corrected chi connectivity index (χ1v) is 8.26. The van der Waals surface area contributed by atoms with Crippen molar-refractivity contribution in [2.45, 2.75) is 27.2 Å². The van der Waals surface area contributed by atoms with Crippen molar-refractivity contribution in [3.63, 3.8) is 0 Å². The first-order chi connectivity index (χ1) is 11.0. The highest BCUT2D eigenvalue weighted by atomic mass is 35.5. The SMILES string of the molecule is CCN(C(=O)CCNc1ccc(Cl)cc1C)c1cccc(C)c1. The zero-order valence-corrected chi connectivity index (χ0v) is 14.7. The molecule has 0 spiro atoms. The average Bonchev–Trinajstić information content (AvgIpc) is 2.50. The highest BCUT2D eigenvalue weighted by molar-refractivity contribution is 6.30. The van der Waals surface area contributed by atoms with Crippen LogP contribution in [0.15, 0.2) is 42.5 Å². The molecule has 0 unspecified atom stereocenters. The van der Waals surface area contributed by atoms with Gasteiger partial charge < -0.3 is 10.2 Å². The second-order valence-corrected chi connectivity index (χ2v) is 6.05. The van der Waals surface area contributed by atoms with Crippen molar-refractivity contribution in [2.75, 3.05) is 23.3 Å². The highest BCUT2D eigenvalue weighted by Crippen LogP contribution is 2.20. The summed E-state index contributed by atoms with van der Waals surface area (Å²) in [6.45, 7) is 7.30. The highest BCUT2D eigenvalue weighted by Gasteiger charge is 2.13. The summed E-state index contributed by atoms with van der Waals surface area (Å²) in [6.07, 6.45) is 0.448. The van der Waals surface area contributed by atoms with Crippen LogP contribution in [0.1, 0.15) is 24.5 Å². The lowest BCUT2D eigenvalue weighted by molar-refractivity contribution is -0.118. The van der Waals surface area contributed by atoms with Gasteiger partial charge in [-0.2, -0.15) is 0 Å². The van der Waals surface area contributed by atoms with E-state index < -0.39 is 0 Å². The van der Waals surface area contributed by atoms with Gasteiger partial charge in [0.25, 0.3) is 0 Å². The van der Waals surface area contributed by atoms with E-state index >= 15 is 0 Å². The van der Waals surface area contributed by atoms with Gasteiger partial charge in [-0.3, -0.25) is 4.79 Å². The monoisotopic (exact) mass is 330 g/mol. The molecule has 122 valence electrons. The van der Waals surface area contributed by atoms with E-state index in [1.165, 1.54) is 0 Å². The molecule has 2 aromatic rings. The van der Waals surface area contributed by atoms with Crippen LogP contribution in [0.3, 0.4) is 0 Å². The Morgan fingerprint density at radius 1 is 1.17 bits per heavy atom. The number of aryl methyl sites for hydroxylation is 2. The Morgan fingerprint density at radius 2 is 1.96 bits per heavy atom. The third-order valence-electron chi connectivity index (χ3n) is 3.77. The number of rotatable bonds is 6. The van der Waals surface area contributed by atoms with Crippen LogP contribution in [0.5, 0.6) is 0 Å². The van der Waals surface area contributed by atoms with Gasteiger partial charge in [-0.05, 0) is 62.2 Å². The zero-order valence-electron chi connectivity index (χ0n) is 13.9. The fourth-order valence-corrected chi connectivity index (χ4v) is 2.79. The second-order valence-electron chi connectivity index (χ2n) is 5.61. The van der Waals surface area contributed by atoms with Gasteiger partial charge >= 0.3 is 0 Å². The Kier molecular flexibility index (Phi) is 6.05. The van der Waals surface area contributed by atoms with Crippen LogP contribution in [0.2, 0.25) is 5.02 Å². The summed E-state index contributed by atoms with van der Waals surface area (Å²) in [4.78, 5) is 14.3. The summed E-state index contributed by atoms with van der Waals surface area (Å²) in [6, 6.07) is 13.7. The second kappa shape index (κ2) is 8.02. The number of nitrogens with zero attached hydrogens (tertiary/aromatic N) is 1. The normalized spacial score (nSPS) is 10.4. The Hall–Kier alpha value is -2.00. The Labute approximate surface area is 143 Å². The third kappa shape index (κ3) is 4.73. The van der Waals surface area contributed by atoms with Crippen molar-refractivity contribution in [3.8, 4) is 0 Å². The van der Waals surface area contributed by atoms with Gasteiger partial charge in [0, 0.05) is 35.9 Å². The van der Waals surface area contributed by atoms with Gasteiger partial charge in [0.1, 0.15) is 0 Å². The minimum absolute atomic E-state index is 0.122. The van der Waals surface area contributed by atoms with E-state index in [9.17, 15) is 4.79 Å². The van der Waals surface area contributed by atoms with Crippen molar-refractivity contribution in [2.24, 2.45) is 0 Å². The summed E-state index contributed by atoms with van der Waals surface area (Å²) >= 11 is 5.95. The van der Waals surface area contributed by atoms with E-state index in [1.807, 2.05) is 68.1 Å². The summed E-state index contributed by atoms with van der Waals surface area (Å²) in [5.41, 5.74) is 4.21.